The Hall–Kier alpha value is -1.38. The predicted octanol–water partition coefficient (Wildman–Crippen LogP) is 3.83. The molecule has 0 unspecified atom stereocenters. The van der Waals surface area contributed by atoms with Gasteiger partial charge in [-0.05, 0) is 56.2 Å². The Morgan fingerprint density at radius 1 is 1.32 bits per heavy atom. The predicted molar refractivity (Wildman–Crippen MR) is 74.6 cm³/mol. The summed E-state index contributed by atoms with van der Waals surface area (Å²) < 4.78 is 13.7. The summed E-state index contributed by atoms with van der Waals surface area (Å²) in [5.74, 6) is 0.0847. The van der Waals surface area contributed by atoms with Crippen molar-refractivity contribution in [3.63, 3.8) is 0 Å². The van der Waals surface area contributed by atoms with E-state index in [1.807, 2.05) is 6.92 Å². The van der Waals surface area contributed by atoms with Crippen LogP contribution in [0.25, 0.3) is 0 Å². The average Bonchev–Trinajstić information content (AvgIpc) is 2.39. The first-order valence-electron chi connectivity index (χ1n) is 7.17. The molecule has 0 aromatic heterocycles. The fourth-order valence-corrected chi connectivity index (χ4v) is 2.78. The second-order valence-electron chi connectivity index (χ2n) is 5.58. The highest BCUT2D eigenvalue weighted by Crippen LogP contribution is 2.26. The summed E-state index contributed by atoms with van der Waals surface area (Å²) in [6.07, 6.45) is 5.57. The quantitative estimate of drug-likeness (QED) is 0.882. The van der Waals surface area contributed by atoms with Gasteiger partial charge in [-0.25, -0.2) is 4.39 Å². The van der Waals surface area contributed by atoms with Gasteiger partial charge in [0.1, 0.15) is 5.82 Å². The van der Waals surface area contributed by atoms with Crippen molar-refractivity contribution in [3.05, 3.63) is 35.1 Å². The highest BCUT2D eigenvalue weighted by Gasteiger charge is 2.22. The van der Waals surface area contributed by atoms with E-state index in [2.05, 4.69) is 12.2 Å². The molecule has 1 amide bonds. The van der Waals surface area contributed by atoms with Gasteiger partial charge in [0.05, 0.1) is 5.56 Å². The molecule has 104 valence electrons. The number of benzene rings is 1. The normalized spacial score (nSPS) is 23.1. The number of aryl methyl sites for hydroxylation is 1. The lowest BCUT2D eigenvalue weighted by Gasteiger charge is -2.28. The van der Waals surface area contributed by atoms with E-state index < -0.39 is 5.82 Å². The van der Waals surface area contributed by atoms with Crippen molar-refractivity contribution in [2.24, 2.45) is 5.92 Å². The van der Waals surface area contributed by atoms with Gasteiger partial charge in [0.15, 0.2) is 0 Å². The molecule has 1 aromatic rings. The second kappa shape index (κ2) is 6.18. The molecule has 1 fully saturated rings. The van der Waals surface area contributed by atoms with Crippen LogP contribution in [0.5, 0.6) is 0 Å². The molecule has 1 aromatic carbocycles. The van der Waals surface area contributed by atoms with E-state index in [4.69, 9.17) is 0 Å². The van der Waals surface area contributed by atoms with Crippen LogP contribution in [0.1, 0.15) is 54.9 Å². The van der Waals surface area contributed by atoms with Crippen molar-refractivity contribution in [3.8, 4) is 0 Å². The Balaban J connectivity index is 1.94. The first-order chi connectivity index (χ1) is 9.10. The van der Waals surface area contributed by atoms with E-state index in [1.165, 1.54) is 12.5 Å². The fraction of sp³-hybridized carbons (Fsp3) is 0.562. The molecule has 3 heteroatoms. The second-order valence-corrected chi connectivity index (χ2v) is 5.58. The standard InChI is InChI=1S/C16H22FNO/c1-3-12-5-7-13(8-6-12)18-16(19)14-9-4-11(2)10-15(14)17/h4,9-10,12-13H,3,5-8H2,1-2H3,(H,18,19). The largest absolute Gasteiger partial charge is 0.349 e. The molecule has 1 aliphatic rings. The minimum absolute atomic E-state index is 0.156. The van der Waals surface area contributed by atoms with E-state index in [0.717, 1.165) is 37.2 Å². The number of hydrogen-bond donors (Lipinski definition) is 1. The average molecular weight is 263 g/mol. The Kier molecular flexibility index (Phi) is 4.56. The molecule has 0 bridgehead atoms. The SMILES string of the molecule is CCC1CCC(NC(=O)c2ccc(C)cc2F)CC1. The third-order valence-corrected chi connectivity index (χ3v) is 4.13. The summed E-state index contributed by atoms with van der Waals surface area (Å²) in [7, 11) is 0. The van der Waals surface area contributed by atoms with Gasteiger partial charge in [0, 0.05) is 6.04 Å². The molecule has 0 heterocycles. The maximum Gasteiger partial charge on any atom is 0.254 e. The topological polar surface area (TPSA) is 29.1 Å². The molecule has 0 saturated heterocycles. The number of hydrogen-bond acceptors (Lipinski definition) is 1. The maximum atomic E-state index is 13.7. The van der Waals surface area contributed by atoms with E-state index in [-0.39, 0.29) is 17.5 Å². The third-order valence-electron chi connectivity index (χ3n) is 4.13. The smallest absolute Gasteiger partial charge is 0.254 e. The van der Waals surface area contributed by atoms with E-state index >= 15 is 0 Å². The highest BCUT2D eigenvalue weighted by atomic mass is 19.1. The van der Waals surface area contributed by atoms with Gasteiger partial charge >= 0.3 is 0 Å². The van der Waals surface area contributed by atoms with Crippen LogP contribution in [-0.4, -0.2) is 11.9 Å². The molecule has 1 N–H and O–H groups in total. The van der Waals surface area contributed by atoms with Crippen LogP contribution in [0, 0.1) is 18.7 Å². The van der Waals surface area contributed by atoms with Gasteiger partial charge in [-0.15, -0.1) is 0 Å². The summed E-state index contributed by atoms with van der Waals surface area (Å²) in [6.45, 7) is 4.03. The molecule has 1 saturated carbocycles. The summed E-state index contributed by atoms with van der Waals surface area (Å²) in [5, 5.41) is 2.96. The molecular formula is C16H22FNO. The van der Waals surface area contributed by atoms with Gasteiger partial charge in [0.25, 0.3) is 5.91 Å². The third kappa shape index (κ3) is 3.55. The highest BCUT2D eigenvalue weighted by molar-refractivity contribution is 5.94. The van der Waals surface area contributed by atoms with Gasteiger partial charge in [-0.3, -0.25) is 4.79 Å². The van der Waals surface area contributed by atoms with Gasteiger partial charge in [-0.2, -0.15) is 0 Å². The number of nitrogens with one attached hydrogen (secondary N) is 1. The lowest BCUT2D eigenvalue weighted by molar-refractivity contribution is 0.0917. The van der Waals surface area contributed by atoms with Gasteiger partial charge < -0.3 is 5.32 Å². The number of carbonyl (C=O) groups excluding carboxylic acids is 1. The molecular weight excluding hydrogens is 241 g/mol. The number of halogens is 1. The van der Waals surface area contributed by atoms with Crippen LogP contribution in [0.15, 0.2) is 18.2 Å². The van der Waals surface area contributed by atoms with Crippen molar-refractivity contribution >= 4 is 5.91 Å². The molecule has 0 aliphatic heterocycles. The van der Waals surface area contributed by atoms with E-state index in [1.54, 1.807) is 12.1 Å². The monoisotopic (exact) mass is 263 g/mol. The molecule has 1 aliphatic carbocycles. The summed E-state index contributed by atoms with van der Waals surface area (Å²) in [6, 6.07) is 4.95. The minimum atomic E-state index is -0.431. The summed E-state index contributed by atoms with van der Waals surface area (Å²) in [4.78, 5) is 12.0. The van der Waals surface area contributed by atoms with Crippen molar-refractivity contribution in [1.29, 1.82) is 0 Å². The Morgan fingerprint density at radius 2 is 2.00 bits per heavy atom. The van der Waals surface area contributed by atoms with E-state index in [0.29, 0.717) is 0 Å². The van der Waals surface area contributed by atoms with Crippen LogP contribution in [0.2, 0.25) is 0 Å². The number of rotatable bonds is 3. The Labute approximate surface area is 114 Å². The minimum Gasteiger partial charge on any atom is -0.349 e. The maximum absolute atomic E-state index is 13.7. The first kappa shape index (κ1) is 14.0. The lowest BCUT2D eigenvalue weighted by Crippen LogP contribution is -2.37. The van der Waals surface area contributed by atoms with Crippen molar-refractivity contribution in [1.82, 2.24) is 5.32 Å². The van der Waals surface area contributed by atoms with Crippen LogP contribution in [-0.2, 0) is 0 Å². The van der Waals surface area contributed by atoms with Crippen molar-refractivity contribution < 1.29 is 9.18 Å². The van der Waals surface area contributed by atoms with Crippen LogP contribution in [0.3, 0.4) is 0 Å². The van der Waals surface area contributed by atoms with Crippen LogP contribution in [0.4, 0.5) is 4.39 Å². The molecule has 19 heavy (non-hydrogen) atoms. The Bertz CT molecular complexity index is 450. The molecule has 2 rings (SSSR count). The molecule has 0 spiro atoms. The van der Waals surface area contributed by atoms with Crippen molar-refractivity contribution in [2.75, 3.05) is 0 Å². The van der Waals surface area contributed by atoms with Crippen molar-refractivity contribution in [2.45, 2.75) is 52.0 Å². The zero-order valence-corrected chi connectivity index (χ0v) is 11.7. The van der Waals surface area contributed by atoms with Crippen LogP contribution < -0.4 is 5.32 Å². The van der Waals surface area contributed by atoms with E-state index in [9.17, 15) is 9.18 Å². The lowest BCUT2D eigenvalue weighted by atomic mass is 9.84. The first-order valence-corrected chi connectivity index (χ1v) is 7.17. The number of carbonyl (C=O) groups is 1. The number of amides is 1. The summed E-state index contributed by atoms with van der Waals surface area (Å²) >= 11 is 0. The van der Waals surface area contributed by atoms with Crippen LogP contribution >= 0.6 is 0 Å². The fourth-order valence-electron chi connectivity index (χ4n) is 2.78. The zero-order valence-electron chi connectivity index (χ0n) is 11.7. The molecule has 0 radical (unpaired) electrons. The molecule has 0 atom stereocenters. The Morgan fingerprint density at radius 3 is 2.58 bits per heavy atom. The van der Waals surface area contributed by atoms with Gasteiger partial charge in [0.2, 0.25) is 0 Å². The summed E-state index contributed by atoms with van der Waals surface area (Å²) in [5.41, 5.74) is 0.987. The molecule has 2 nitrogen and oxygen atoms in total. The zero-order chi connectivity index (χ0) is 13.8. The van der Waals surface area contributed by atoms with Gasteiger partial charge in [-0.1, -0.05) is 19.4 Å².